The van der Waals surface area contributed by atoms with Crippen molar-refractivity contribution in [2.75, 3.05) is 30.9 Å². The molecule has 6 nitrogen and oxygen atoms in total. The minimum Gasteiger partial charge on any atom is -0.343 e. The van der Waals surface area contributed by atoms with Gasteiger partial charge in [-0.3, -0.25) is 14.7 Å². The van der Waals surface area contributed by atoms with E-state index in [0.29, 0.717) is 17.9 Å². The number of aromatic nitrogens is 1. The highest BCUT2D eigenvalue weighted by molar-refractivity contribution is 6.04. The highest BCUT2D eigenvalue weighted by Gasteiger charge is 2.46. The van der Waals surface area contributed by atoms with E-state index in [9.17, 15) is 9.59 Å². The number of hydrogen-bond acceptors (Lipinski definition) is 3. The highest BCUT2D eigenvalue weighted by atomic mass is 16.2. The number of amides is 3. The number of nitrogens with one attached hydrogen (secondary N) is 1. The lowest BCUT2D eigenvalue weighted by Gasteiger charge is -2.24. The van der Waals surface area contributed by atoms with Gasteiger partial charge < -0.3 is 10.2 Å². The van der Waals surface area contributed by atoms with Gasteiger partial charge in [0.05, 0.1) is 0 Å². The zero-order valence-electron chi connectivity index (χ0n) is 15.7. The third kappa shape index (κ3) is 3.05. The molecule has 0 bridgehead atoms. The Balaban J connectivity index is 1.58. The van der Waals surface area contributed by atoms with Crippen LogP contribution in [0.1, 0.15) is 41.7 Å². The Morgan fingerprint density at radius 3 is 2.63 bits per heavy atom. The molecular weight excluding hydrogens is 340 g/mol. The standard InChI is InChI=1S/C21H24N4O2/c1-24(2)19(26)17-13-15(9-12-22-17)23-20(27)25-14-21(10-5-6-11-21)16-7-3-4-8-18(16)25/h3-4,7-9,12-13H,5-6,10-11,14H2,1-2H3,(H,22,23,27). The Labute approximate surface area is 159 Å². The maximum absolute atomic E-state index is 13.0. The predicted molar refractivity (Wildman–Crippen MR) is 105 cm³/mol. The molecule has 4 rings (SSSR count). The first-order chi connectivity index (χ1) is 13.0. The van der Waals surface area contributed by atoms with Crippen molar-refractivity contribution in [3.8, 4) is 0 Å². The van der Waals surface area contributed by atoms with Gasteiger partial charge in [0.1, 0.15) is 5.69 Å². The van der Waals surface area contributed by atoms with Crippen LogP contribution in [0.15, 0.2) is 42.6 Å². The van der Waals surface area contributed by atoms with Crippen LogP contribution >= 0.6 is 0 Å². The average molecular weight is 364 g/mol. The number of para-hydroxylation sites is 1. The molecule has 3 amide bonds. The van der Waals surface area contributed by atoms with Crippen LogP contribution in [-0.4, -0.2) is 42.5 Å². The SMILES string of the molecule is CN(C)C(=O)c1cc(NC(=O)N2CC3(CCCC3)c3ccccc32)ccn1. The number of nitrogens with zero attached hydrogens (tertiary/aromatic N) is 3. The first-order valence-corrected chi connectivity index (χ1v) is 9.36. The molecule has 0 unspecified atom stereocenters. The normalized spacial score (nSPS) is 17.0. The number of carbonyl (C=O) groups is 2. The molecular formula is C21H24N4O2. The number of hydrogen-bond donors (Lipinski definition) is 1. The summed E-state index contributed by atoms with van der Waals surface area (Å²) < 4.78 is 0. The Morgan fingerprint density at radius 2 is 1.89 bits per heavy atom. The van der Waals surface area contributed by atoms with Crippen molar-refractivity contribution >= 4 is 23.3 Å². The maximum atomic E-state index is 13.0. The Hall–Kier alpha value is -2.89. The molecule has 2 aromatic rings. The summed E-state index contributed by atoms with van der Waals surface area (Å²) in [5.41, 5.74) is 3.27. The van der Waals surface area contributed by atoms with Crippen LogP contribution < -0.4 is 10.2 Å². The molecule has 6 heteroatoms. The molecule has 27 heavy (non-hydrogen) atoms. The third-order valence-electron chi connectivity index (χ3n) is 5.67. The Morgan fingerprint density at radius 1 is 1.15 bits per heavy atom. The van der Waals surface area contributed by atoms with Crippen molar-refractivity contribution in [3.05, 3.63) is 53.9 Å². The van der Waals surface area contributed by atoms with Crippen molar-refractivity contribution in [3.63, 3.8) is 0 Å². The number of rotatable bonds is 2. The lowest BCUT2D eigenvalue weighted by atomic mass is 9.81. The van der Waals surface area contributed by atoms with Gasteiger partial charge in [0.15, 0.2) is 0 Å². The van der Waals surface area contributed by atoms with Gasteiger partial charge >= 0.3 is 6.03 Å². The second kappa shape index (κ2) is 6.68. The van der Waals surface area contributed by atoms with Crippen LogP contribution in [0.3, 0.4) is 0 Å². The summed E-state index contributed by atoms with van der Waals surface area (Å²) in [5, 5.41) is 2.94. The van der Waals surface area contributed by atoms with Crippen molar-refractivity contribution in [1.82, 2.24) is 9.88 Å². The molecule has 1 N–H and O–H groups in total. The van der Waals surface area contributed by atoms with Gasteiger partial charge in [-0.1, -0.05) is 31.0 Å². The van der Waals surface area contributed by atoms with E-state index in [-0.39, 0.29) is 17.4 Å². The molecule has 140 valence electrons. The molecule has 1 aliphatic heterocycles. The molecule has 1 saturated carbocycles. The summed E-state index contributed by atoms with van der Waals surface area (Å²) in [5.74, 6) is -0.192. The van der Waals surface area contributed by atoms with Gasteiger partial charge in [0.25, 0.3) is 5.91 Å². The average Bonchev–Trinajstić information content (AvgIpc) is 3.28. The number of fused-ring (bicyclic) bond motifs is 2. The van der Waals surface area contributed by atoms with Gasteiger partial charge in [-0.05, 0) is 36.6 Å². The molecule has 1 spiro atoms. The van der Waals surface area contributed by atoms with Gasteiger partial charge in [-0.25, -0.2) is 4.79 Å². The Bertz CT molecular complexity index is 887. The molecule has 1 aliphatic carbocycles. The van der Waals surface area contributed by atoms with Crippen LogP contribution in [0.25, 0.3) is 0 Å². The lowest BCUT2D eigenvalue weighted by Crippen LogP contribution is -2.38. The number of carbonyl (C=O) groups excluding carboxylic acids is 2. The first-order valence-electron chi connectivity index (χ1n) is 9.36. The fourth-order valence-corrected chi connectivity index (χ4v) is 4.34. The molecule has 1 fully saturated rings. The molecule has 0 saturated heterocycles. The van der Waals surface area contributed by atoms with Crippen LogP contribution in [0.2, 0.25) is 0 Å². The third-order valence-corrected chi connectivity index (χ3v) is 5.67. The quantitative estimate of drug-likeness (QED) is 0.885. The van der Waals surface area contributed by atoms with E-state index in [1.807, 2.05) is 17.0 Å². The summed E-state index contributed by atoms with van der Waals surface area (Å²) >= 11 is 0. The fourth-order valence-electron chi connectivity index (χ4n) is 4.34. The fraction of sp³-hybridized carbons (Fsp3) is 0.381. The van der Waals surface area contributed by atoms with Crippen LogP contribution in [0.5, 0.6) is 0 Å². The zero-order chi connectivity index (χ0) is 19.0. The number of benzene rings is 1. The monoisotopic (exact) mass is 364 g/mol. The van der Waals surface area contributed by atoms with E-state index in [1.54, 1.807) is 32.4 Å². The number of pyridine rings is 1. The largest absolute Gasteiger partial charge is 0.343 e. The summed E-state index contributed by atoms with van der Waals surface area (Å²) in [4.78, 5) is 32.6. The first kappa shape index (κ1) is 17.5. The van der Waals surface area contributed by atoms with E-state index in [4.69, 9.17) is 0 Å². The van der Waals surface area contributed by atoms with Gasteiger partial charge in [-0.2, -0.15) is 0 Å². The summed E-state index contributed by atoms with van der Waals surface area (Å²) in [6.45, 7) is 0.715. The highest BCUT2D eigenvalue weighted by Crippen LogP contribution is 2.50. The van der Waals surface area contributed by atoms with Gasteiger partial charge in [-0.15, -0.1) is 0 Å². The number of urea groups is 1. The smallest absolute Gasteiger partial charge is 0.326 e. The maximum Gasteiger partial charge on any atom is 0.326 e. The molecule has 0 radical (unpaired) electrons. The Kier molecular flexibility index (Phi) is 4.34. The van der Waals surface area contributed by atoms with Crippen LogP contribution in [0.4, 0.5) is 16.2 Å². The van der Waals surface area contributed by atoms with Gasteiger partial charge in [0, 0.05) is 43.6 Å². The van der Waals surface area contributed by atoms with E-state index in [1.165, 1.54) is 23.3 Å². The molecule has 2 heterocycles. The minimum atomic E-state index is -0.192. The topological polar surface area (TPSA) is 65.5 Å². The molecule has 0 atom stereocenters. The molecule has 1 aromatic heterocycles. The van der Waals surface area contributed by atoms with E-state index in [2.05, 4.69) is 22.4 Å². The second-order valence-electron chi connectivity index (χ2n) is 7.65. The lowest BCUT2D eigenvalue weighted by molar-refractivity contribution is 0.0822. The van der Waals surface area contributed by atoms with E-state index in [0.717, 1.165) is 18.5 Å². The number of anilines is 2. The van der Waals surface area contributed by atoms with E-state index < -0.39 is 0 Å². The van der Waals surface area contributed by atoms with Crippen molar-refractivity contribution < 1.29 is 9.59 Å². The predicted octanol–water partition coefficient (Wildman–Crippen LogP) is 3.65. The minimum absolute atomic E-state index is 0.0955. The van der Waals surface area contributed by atoms with Gasteiger partial charge in [0.2, 0.25) is 0 Å². The van der Waals surface area contributed by atoms with Crippen molar-refractivity contribution in [2.24, 2.45) is 0 Å². The summed E-state index contributed by atoms with van der Waals surface area (Å²) in [6, 6.07) is 11.4. The summed E-state index contributed by atoms with van der Waals surface area (Å²) in [6.07, 6.45) is 6.23. The zero-order valence-corrected chi connectivity index (χ0v) is 15.7. The molecule has 1 aromatic carbocycles. The van der Waals surface area contributed by atoms with Crippen LogP contribution in [0, 0.1) is 0 Å². The molecule has 2 aliphatic rings. The summed E-state index contributed by atoms with van der Waals surface area (Å²) in [7, 11) is 3.36. The second-order valence-corrected chi connectivity index (χ2v) is 7.65. The van der Waals surface area contributed by atoms with Crippen molar-refractivity contribution in [1.29, 1.82) is 0 Å². The van der Waals surface area contributed by atoms with E-state index >= 15 is 0 Å². The van der Waals surface area contributed by atoms with Crippen molar-refractivity contribution in [2.45, 2.75) is 31.1 Å². The van der Waals surface area contributed by atoms with Crippen LogP contribution in [-0.2, 0) is 5.41 Å².